The van der Waals surface area contributed by atoms with Crippen LogP contribution in [-0.4, -0.2) is 37.8 Å². The van der Waals surface area contributed by atoms with Crippen molar-refractivity contribution in [1.82, 2.24) is 15.0 Å². The van der Waals surface area contributed by atoms with Crippen LogP contribution in [0.2, 0.25) is 0 Å². The summed E-state index contributed by atoms with van der Waals surface area (Å²) < 4.78 is 33.4. The quantitative estimate of drug-likeness (QED) is 0.187. The number of nitro groups is 2. The van der Waals surface area contributed by atoms with Gasteiger partial charge in [0.25, 0.3) is 21.5 Å². The Kier molecular flexibility index (Phi) is 5.60. The smallest absolute Gasteiger partial charge is 0.282 e. The number of hydrogen-bond acceptors (Lipinski definition) is 8. The van der Waals surface area contributed by atoms with Gasteiger partial charge in [-0.15, -0.1) is 0 Å². The Morgan fingerprint density at radius 2 is 1.56 bits per heavy atom. The highest BCUT2D eigenvalue weighted by atomic mass is 32.2. The number of aryl methyl sites for hydroxylation is 1. The molecule has 3 aromatic carbocycles. The molecule has 0 aliphatic rings. The number of rotatable bonds is 6. The fourth-order valence-corrected chi connectivity index (χ4v) is 3.96. The first-order chi connectivity index (χ1) is 16.1. The maximum atomic E-state index is 11.9. The molecular weight excluding hydrogens is 468 g/mol. The van der Waals surface area contributed by atoms with Crippen LogP contribution in [0, 0.1) is 27.2 Å². The van der Waals surface area contributed by atoms with Gasteiger partial charge in [-0.25, -0.2) is 0 Å². The molecule has 0 amide bonds. The molecule has 1 N–H and O–H groups in total. The van der Waals surface area contributed by atoms with Crippen LogP contribution < -0.4 is 4.80 Å². The van der Waals surface area contributed by atoms with Crippen molar-refractivity contribution in [2.75, 3.05) is 0 Å². The first kappa shape index (κ1) is 22.6. The molecular formula is C20H15N6O7S+. The lowest BCUT2D eigenvalue weighted by Crippen LogP contribution is -2.43. The Morgan fingerprint density at radius 1 is 0.941 bits per heavy atom. The molecule has 1 aromatic heterocycles. The zero-order chi connectivity index (χ0) is 24.6. The lowest BCUT2D eigenvalue weighted by Gasteiger charge is -2.03. The number of hydrogen-bond donors (Lipinski definition) is 1. The molecule has 4 aromatic rings. The van der Waals surface area contributed by atoms with E-state index in [1.807, 2.05) is 0 Å². The molecule has 0 fully saturated rings. The van der Waals surface area contributed by atoms with Crippen LogP contribution >= 0.6 is 0 Å². The number of nitro benzene ring substituents is 2. The van der Waals surface area contributed by atoms with Gasteiger partial charge in [-0.3, -0.25) is 24.8 Å². The van der Waals surface area contributed by atoms with Gasteiger partial charge in [0, 0.05) is 34.6 Å². The predicted octanol–water partition coefficient (Wildman–Crippen LogP) is 2.58. The van der Waals surface area contributed by atoms with E-state index in [2.05, 4.69) is 10.2 Å². The number of nitrogens with zero attached hydrogens (tertiary/aromatic N) is 6. The third-order valence-electron chi connectivity index (χ3n) is 4.86. The highest BCUT2D eigenvalue weighted by Crippen LogP contribution is 2.25. The van der Waals surface area contributed by atoms with Crippen LogP contribution in [0.3, 0.4) is 0 Å². The molecule has 4 rings (SSSR count). The minimum Gasteiger partial charge on any atom is -0.282 e. The van der Waals surface area contributed by atoms with E-state index in [0.29, 0.717) is 16.9 Å². The van der Waals surface area contributed by atoms with Crippen molar-refractivity contribution in [2.24, 2.45) is 0 Å². The van der Waals surface area contributed by atoms with E-state index >= 15 is 0 Å². The van der Waals surface area contributed by atoms with E-state index in [9.17, 15) is 33.2 Å². The van der Waals surface area contributed by atoms with Crippen molar-refractivity contribution in [3.05, 3.63) is 92.5 Å². The first-order valence-corrected chi connectivity index (χ1v) is 11.0. The summed E-state index contributed by atoms with van der Waals surface area (Å²) in [6, 6.07) is 15.0. The molecule has 0 saturated carbocycles. The van der Waals surface area contributed by atoms with Gasteiger partial charge in [0.1, 0.15) is 10.6 Å². The zero-order valence-electron chi connectivity index (χ0n) is 17.3. The molecule has 0 bridgehead atoms. The normalized spacial score (nSPS) is 11.4. The highest BCUT2D eigenvalue weighted by Gasteiger charge is 2.29. The molecule has 0 unspecified atom stereocenters. The fraction of sp³-hybridized carbons (Fsp3) is 0.0500. The van der Waals surface area contributed by atoms with Crippen molar-refractivity contribution in [2.45, 2.75) is 11.8 Å². The van der Waals surface area contributed by atoms with Crippen molar-refractivity contribution < 1.29 is 27.6 Å². The Hall–Kier alpha value is -4.56. The van der Waals surface area contributed by atoms with Crippen LogP contribution in [0.15, 0.2) is 71.6 Å². The molecule has 1 heterocycles. The summed E-state index contributed by atoms with van der Waals surface area (Å²) in [5.41, 5.74) is 0.904. The second-order valence-electron chi connectivity index (χ2n) is 7.08. The van der Waals surface area contributed by atoms with Crippen LogP contribution in [0.25, 0.3) is 22.8 Å². The van der Waals surface area contributed by atoms with Crippen LogP contribution in [0.1, 0.15) is 5.56 Å². The molecule has 0 spiro atoms. The monoisotopic (exact) mass is 483 g/mol. The summed E-state index contributed by atoms with van der Waals surface area (Å²) in [5, 5.41) is 30.9. The van der Waals surface area contributed by atoms with E-state index < -0.39 is 24.9 Å². The molecule has 13 nitrogen and oxygen atoms in total. The fourth-order valence-electron chi connectivity index (χ4n) is 3.28. The van der Waals surface area contributed by atoms with E-state index in [1.165, 1.54) is 76.3 Å². The van der Waals surface area contributed by atoms with E-state index in [0.717, 1.165) is 0 Å². The molecule has 0 aliphatic carbocycles. The maximum absolute atomic E-state index is 11.9. The van der Waals surface area contributed by atoms with Gasteiger partial charge in [-0.05, 0) is 47.2 Å². The van der Waals surface area contributed by atoms with Crippen LogP contribution in [-0.2, 0) is 10.1 Å². The summed E-state index contributed by atoms with van der Waals surface area (Å²) in [4.78, 5) is 23.2. The van der Waals surface area contributed by atoms with Gasteiger partial charge < -0.3 is 0 Å². The first-order valence-electron chi connectivity index (χ1n) is 9.53. The molecule has 34 heavy (non-hydrogen) atoms. The maximum Gasteiger partial charge on any atom is 0.341 e. The number of benzene rings is 3. The summed E-state index contributed by atoms with van der Waals surface area (Å²) in [6.45, 7) is 1.62. The topological polar surface area (TPSA) is 175 Å². The number of non-ortho nitro benzene ring substituents is 2. The van der Waals surface area contributed by atoms with Crippen molar-refractivity contribution >= 4 is 21.5 Å². The average molecular weight is 483 g/mol. The minimum atomic E-state index is -4.60. The SMILES string of the molecule is Cc1cc([N+](=O)[O-])ccc1-[n+]1nc(-c2ccccc2S(=O)(=O)O)nn1-c1ccc([N+](=O)[O-])cc1. The van der Waals surface area contributed by atoms with Crippen LogP contribution in [0.5, 0.6) is 0 Å². The van der Waals surface area contributed by atoms with Gasteiger partial charge in [-0.1, -0.05) is 12.1 Å². The third kappa shape index (κ3) is 4.22. The molecule has 0 radical (unpaired) electrons. The Bertz CT molecular complexity index is 1550. The highest BCUT2D eigenvalue weighted by molar-refractivity contribution is 7.86. The number of aromatic nitrogens is 4. The minimum absolute atomic E-state index is 0.0129. The zero-order valence-corrected chi connectivity index (χ0v) is 18.2. The Balaban J connectivity index is 1.97. The Morgan fingerprint density at radius 3 is 2.15 bits per heavy atom. The van der Waals surface area contributed by atoms with Gasteiger partial charge in [0.05, 0.1) is 20.5 Å². The summed E-state index contributed by atoms with van der Waals surface area (Å²) >= 11 is 0. The average Bonchev–Trinajstić information content (AvgIpc) is 3.23. The largest absolute Gasteiger partial charge is 0.341 e. The second kappa shape index (κ2) is 8.42. The lowest BCUT2D eigenvalue weighted by atomic mass is 10.2. The van der Waals surface area contributed by atoms with Gasteiger partial charge >= 0.3 is 5.82 Å². The summed E-state index contributed by atoms with van der Waals surface area (Å²) in [5.74, 6) is -0.0793. The van der Waals surface area contributed by atoms with E-state index in [4.69, 9.17) is 0 Å². The molecule has 14 heteroatoms. The summed E-state index contributed by atoms with van der Waals surface area (Å²) in [7, 11) is -4.60. The number of tetrazole rings is 1. The van der Waals surface area contributed by atoms with Gasteiger partial charge in [-0.2, -0.15) is 8.42 Å². The van der Waals surface area contributed by atoms with Gasteiger partial charge in [0.15, 0.2) is 5.69 Å². The Labute approximate surface area is 191 Å². The van der Waals surface area contributed by atoms with Crippen molar-refractivity contribution in [3.8, 4) is 22.8 Å². The molecule has 0 atom stereocenters. The predicted molar refractivity (Wildman–Crippen MR) is 116 cm³/mol. The molecule has 172 valence electrons. The lowest BCUT2D eigenvalue weighted by molar-refractivity contribution is -0.734. The van der Waals surface area contributed by atoms with Crippen LogP contribution in [0.4, 0.5) is 11.4 Å². The molecule has 0 saturated heterocycles. The van der Waals surface area contributed by atoms with Crippen molar-refractivity contribution in [1.29, 1.82) is 0 Å². The summed E-state index contributed by atoms with van der Waals surface area (Å²) in [6.07, 6.45) is 0. The van der Waals surface area contributed by atoms with E-state index in [-0.39, 0.29) is 22.8 Å². The van der Waals surface area contributed by atoms with Crippen molar-refractivity contribution in [3.63, 3.8) is 0 Å². The second-order valence-corrected chi connectivity index (χ2v) is 8.47. The molecule has 0 aliphatic heterocycles. The standard InChI is InChI=1S/C20H14N6O7S/c1-13-12-16(26(29)30)10-11-18(13)24-22-20(17-4-2-3-5-19(17)34(31,32)33)21-23(24)14-6-8-15(9-7-14)25(27)28/h2-12H,1H3/p+1. The van der Waals surface area contributed by atoms with E-state index in [1.54, 1.807) is 6.92 Å². The third-order valence-corrected chi connectivity index (χ3v) is 5.77. The van der Waals surface area contributed by atoms with Gasteiger partial charge in [0.2, 0.25) is 0 Å².